The summed E-state index contributed by atoms with van der Waals surface area (Å²) >= 11 is 0. The van der Waals surface area contributed by atoms with Crippen LogP contribution in [0.4, 0.5) is 0 Å². The third-order valence-electron chi connectivity index (χ3n) is 3.18. The SMILES string of the molecule is O=C(c1c[nH]c(=O)[nH]1)N1CCC(n2cccn2)C1. The van der Waals surface area contributed by atoms with E-state index in [0.29, 0.717) is 18.8 Å². The van der Waals surface area contributed by atoms with Crippen LogP contribution in [0.5, 0.6) is 0 Å². The molecule has 1 amide bonds. The van der Waals surface area contributed by atoms with Crippen molar-refractivity contribution in [1.29, 1.82) is 0 Å². The van der Waals surface area contributed by atoms with Crippen molar-refractivity contribution >= 4 is 5.91 Å². The number of rotatable bonds is 2. The molecule has 0 saturated carbocycles. The normalized spacial score (nSPS) is 19.3. The molecule has 0 radical (unpaired) electrons. The molecule has 0 bridgehead atoms. The Kier molecular flexibility index (Phi) is 2.51. The summed E-state index contributed by atoms with van der Waals surface area (Å²) in [5.41, 5.74) is -0.0534. The third kappa shape index (κ3) is 1.83. The van der Waals surface area contributed by atoms with Gasteiger partial charge in [0.15, 0.2) is 0 Å². The molecular weight excluding hydrogens is 234 g/mol. The van der Waals surface area contributed by atoms with Crippen molar-refractivity contribution in [2.75, 3.05) is 13.1 Å². The van der Waals surface area contributed by atoms with E-state index in [1.165, 1.54) is 6.20 Å². The standard InChI is InChI=1S/C11H13N5O2/c17-10(9-6-12-11(18)14-9)15-5-2-8(7-15)16-4-1-3-13-16/h1,3-4,6,8H,2,5,7H2,(H2,12,14,18). The summed E-state index contributed by atoms with van der Waals surface area (Å²) in [7, 11) is 0. The predicted molar refractivity (Wildman–Crippen MR) is 63.2 cm³/mol. The Hall–Kier alpha value is -2.31. The van der Waals surface area contributed by atoms with Gasteiger partial charge in [-0.2, -0.15) is 5.10 Å². The van der Waals surface area contributed by atoms with Crippen LogP contribution in [0.1, 0.15) is 23.0 Å². The van der Waals surface area contributed by atoms with Crippen LogP contribution in [0, 0.1) is 0 Å². The van der Waals surface area contributed by atoms with E-state index in [9.17, 15) is 9.59 Å². The monoisotopic (exact) mass is 247 g/mol. The molecule has 7 heteroatoms. The van der Waals surface area contributed by atoms with Crippen LogP contribution in [0.25, 0.3) is 0 Å². The van der Waals surface area contributed by atoms with E-state index in [0.717, 1.165) is 6.42 Å². The summed E-state index contributed by atoms with van der Waals surface area (Å²) in [6, 6.07) is 2.09. The first-order chi connectivity index (χ1) is 8.74. The van der Waals surface area contributed by atoms with Crippen molar-refractivity contribution in [2.24, 2.45) is 0 Å². The average Bonchev–Trinajstić information content (AvgIpc) is 3.09. The number of likely N-dealkylation sites (tertiary alicyclic amines) is 1. The summed E-state index contributed by atoms with van der Waals surface area (Å²) in [6.45, 7) is 1.30. The summed E-state index contributed by atoms with van der Waals surface area (Å²) in [5.74, 6) is -0.150. The van der Waals surface area contributed by atoms with E-state index in [2.05, 4.69) is 15.1 Å². The van der Waals surface area contributed by atoms with Crippen LogP contribution < -0.4 is 5.69 Å². The number of aromatic nitrogens is 4. The molecule has 1 unspecified atom stereocenters. The molecule has 1 saturated heterocycles. The van der Waals surface area contributed by atoms with Gasteiger partial charge in [-0.05, 0) is 12.5 Å². The van der Waals surface area contributed by atoms with Crippen molar-refractivity contribution in [3.8, 4) is 0 Å². The lowest BCUT2D eigenvalue weighted by atomic mass is 10.3. The van der Waals surface area contributed by atoms with Gasteiger partial charge in [0, 0.05) is 31.7 Å². The summed E-state index contributed by atoms with van der Waals surface area (Å²) in [6.07, 6.45) is 5.92. The van der Waals surface area contributed by atoms with Crippen LogP contribution in [0.3, 0.4) is 0 Å². The lowest BCUT2D eigenvalue weighted by Gasteiger charge is -2.15. The van der Waals surface area contributed by atoms with E-state index >= 15 is 0 Å². The van der Waals surface area contributed by atoms with Gasteiger partial charge in [0.25, 0.3) is 5.91 Å². The number of carbonyl (C=O) groups is 1. The summed E-state index contributed by atoms with van der Waals surface area (Å²) in [4.78, 5) is 29.7. The van der Waals surface area contributed by atoms with Gasteiger partial charge in [0.05, 0.1) is 6.04 Å². The molecule has 7 nitrogen and oxygen atoms in total. The molecule has 3 heterocycles. The number of amides is 1. The molecule has 1 fully saturated rings. The molecule has 1 aliphatic heterocycles. The van der Waals surface area contributed by atoms with E-state index < -0.39 is 0 Å². The van der Waals surface area contributed by atoms with Crippen LogP contribution in [-0.2, 0) is 0 Å². The molecule has 1 aliphatic rings. The Balaban J connectivity index is 1.72. The van der Waals surface area contributed by atoms with Crippen LogP contribution in [0.2, 0.25) is 0 Å². The van der Waals surface area contributed by atoms with E-state index in [1.54, 1.807) is 11.1 Å². The Bertz CT molecular complexity index is 597. The fraction of sp³-hybridized carbons (Fsp3) is 0.364. The zero-order chi connectivity index (χ0) is 12.5. The summed E-state index contributed by atoms with van der Waals surface area (Å²) < 4.78 is 1.87. The van der Waals surface area contributed by atoms with Gasteiger partial charge < -0.3 is 14.9 Å². The number of imidazole rings is 1. The van der Waals surface area contributed by atoms with Crippen LogP contribution in [-0.4, -0.2) is 43.6 Å². The zero-order valence-electron chi connectivity index (χ0n) is 9.67. The molecule has 2 aromatic rings. The number of carbonyl (C=O) groups excluding carboxylic acids is 1. The first kappa shape index (κ1) is 10.8. The fourth-order valence-corrected chi connectivity index (χ4v) is 2.26. The fourth-order valence-electron chi connectivity index (χ4n) is 2.26. The van der Waals surface area contributed by atoms with Gasteiger partial charge in [-0.3, -0.25) is 9.48 Å². The molecule has 1 atom stereocenters. The Morgan fingerprint density at radius 2 is 2.39 bits per heavy atom. The van der Waals surface area contributed by atoms with Gasteiger partial charge in [0.1, 0.15) is 5.69 Å². The highest BCUT2D eigenvalue weighted by molar-refractivity contribution is 5.92. The lowest BCUT2D eigenvalue weighted by molar-refractivity contribution is 0.0781. The molecule has 18 heavy (non-hydrogen) atoms. The van der Waals surface area contributed by atoms with Crippen molar-refractivity contribution in [3.05, 3.63) is 40.8 Å². The highest BCUT2D eigenvalue weighted by Gasteiger charge is 2.28. The second-order valence-electron chi connectivity index (χ2n) is 4.34. The van der Waals surface area contributed by atoms with Crippen molar-refractivity contribution in [3.63, 3.8) is 0 Å². The Labute approximate surface area is 102 Å². The molecule has 0 aliphatic carbocycles. The van der Waals surface area contributed by atoms with Gasteiger partial charge >= 0.3 is 5.69 Å². The third-order valence-corrected chi connectivity index (χ3v) is 3.18. The van der Waals surface area contributed by atoms with Crippen LogP contribution >= 0.6 is 0 Å². The number of nitrogens with zero attached hydrogens (tertiary/aromatic N) is 3. The predicted octanol–water partition coefficient (Wildman–Crippen LogP) is -0.0133. The molecule has 94 valence electrons. The average molecular weight is 247 g/mol. The maximum absolute atomic E-state index is 12.1. The Morgan fingerprint density at radius 3 is 3.06 bits per heavy atom. The highest BCUT2D eigenvalue weighted by atomic mass is 16.2. The molecule has 2 aromatic heterocycles. The highest BCUT2D eigenvalue weighted by Crippen LogP contribution is 2.21. The first-order valence-corrected chi connectivity index (χ1v) is 5.80. The number of H-pyrrole nitrogens is 2. The second-order valence-corrected chi connectivity index (χ2v) is 4.34. The quantitative estimate of drug-likeness (QED) is 0.782. The van der Waals surface area contributed by atoms with Crippen LogP contribution in [0.15, 0.2) is 29.5 Å². The lowest BCUT2D eigenvalue weighted by Crippen LogP contribution is -2.29. The van der Waals surface area contributed by atoms with Crippen molar-refractivity contribution in [2.45, 2.75) is 12.5 Å². The first-order valence-electron chi connectivity index (χ1n) is 5.80. The topological polar surface area (TPSA) is 86.8 Å². The number of aromatic amines is 2. The molecule has 3 rings (SSSR count). The maximum Gasteiger partial charge on any atom is 0.323 e. The summed E-state index contributed by atoms with van der Waals surface area (Å²) in [5, 5.41) is 4.18. The number of hydrogen-bond acceptors (Lipinski definition) is 3. The van der Waals surface area contributed by atoms with Gasteiger partial charge in [-0.15, -0.1) is 0 Å². The van der Waals surface area contributed by atoms with E-state index in [4.69, 9.17) is 0 Å². The van der Waals surface area contributed by atoms with E-state index in [-0.39, 0.29) is 17.6 Å². The maximum atomic E-state index is 12.1. The second kappa shape index (κ2) is 4.17. The number of nitrogens with one attached hydrogen (secondary N) is 2. The Morgan fingerprint density at radius 1 is 1.50 bits per heavy atom. The minimum Gasteiger partial charge on any atom is -0.335 e. The van der Waals surface area contributed by atoms with Crippen molar-refractivity contribution in [1.82, 2.24) is 24.6 Å². The van der Waals surface area contributed by atoms with Crippen molar-refractivity contribution < 1.29 is 4.79 Å². The largest absolute Gasteiger partial charge is 0.335 e. The molecule has 0 aromatic carbocycles. The molecule has 0 spiro atoms. The van der Waals surface area contributed by atoms with Gasteiger partial charge in [-0.25, -0.2) is 4.79 Å². The molecular formula is C11H13N5O2. The smallest absolute Gasteiger partial charge is 0.323 e. The minimum absolute atomic E-state index is 0.150. The number of hydrogen-bond donors (Lipinski definition) is 2. The zero-order valence-corrected chi connectivity index (χ0v) is 9.67. The van der Waals surface area contributed by atoms with E-state index in [1.807, 2.05) is 16.9 Å². The molecule has 2 N–H and O–H groups in total. The minimum atomic E-state index is -0.360. The van der Waals surface area contributed by atoms with Gasteiger partial charge in [-0.1, -0.05) is 0 Å². The van der Waals surface area contributed by atoms with Gasteiger partial charge in [0.2, 0.25) is 0 Å².